The third kappa shape index (κ3) is 5.14. The number of likely N-dealkylation sites (N-methyl/N-ethyl adjacent to an activating group) is 1. The first-order chi connectivity index (χ1) is 11.6. The van der Waals surface area contributed by atoms with Crippen LogP contribution in [0.1, 0.15) is 31.2 Å². The number of alkyl halides is 3. The van der Waals surface area contributed by atoms with Gasteiger partial charge in [-0.25, -0.2) is 8.78 Å². The van der Waals surface area contributed by atoms with Gasteiger partial charge in [-0.2, -0.15) is 13.2 Å². The maximum absolute atomic E-state index is 14.1. The van der Waals surface area contributed by atoms with Gasteiger partial charge in [-0.1, -0.05) is 12.1 Å². The van der Waals surface area contributed by atoms with E-state index in [0.29, 0.717) is 12.8 Å². The second kappa shape index (κ2) is 7.68. The third-order valence-corrected chi connectivity index (χ3v) is 4.66. The molecule has 3 nitrogen and oxygen atoms in total. The molecule has 1 aliphatic rings. The van der Waals surface area contributed by atoms with Gasteiger partial charge in [0, 0.05) is 33.1 Å². The number of carbonyl (C=O) groups is 1. The molecular formula is C17H21F5N2O. The van der Waals surface area contributed by atoms with Crippen LogP contribution in [-0.4, -0.2) is 54.6 Å². The molecule has 2 unspecified atom stereocenters. The molecule has 1 fully saturated rings. The highest BCUT2D eigenvalue weighted by molar-refractivity contribution is 5.73. The Morgan fingerprint density at radius 3 is 2.52 bits per heavy atom. The molecule has 0 bridgehead atoms. The lowest BCUT2D eigenvalue weighted by Gasteiger charge is -2.31. The quantitative estimate of drug-likeness (QED) is 0.766. The molecule has 1 saturated heterocycles. The van der Waals surface area contributed by atoms with Gasteiger partial charge in [0.1, 0.15) is 0 Å². The zero-order valence-electron chi connectivity index (χ0n) is 14.1. The highest BCUT2D eigenvalue weighted by Crippen LogP contribution is 2.31. The van der Waals surface area contributed by atoms with E-state index >= 15 is 0 Å². The van der Waals surface area contributed by atoms with Crippen LogP contribution in [0.5, 0.6) is 0 Å². The summed E-state index contributed by atoms with van der Waals surface area (Å²) < 4.78 is 66.2. The average molecular weight is 364 g/mol. The van der Waals surface area contributed by atoms with E-state index in [2.05, 4.69) is 0 Å². The van der Waals surface area contributed by atoms with Crippen LogP contribution in [0, 0.1) is 11.6 Å². The fourth-order valence-electron chi connectivity index (χ4n) is 3.31. The molecule has 140 valence electrons. The molecule has 8 heteroatoms. The zero-order valence-corrected chi connectivity index (χ0v) is 14.1. The number of benzene rings is 1. The van der Waals surface area contributed by atoms with Crippen LogP contribution in [0.4, 0.5) is 22.0 Å². The van der Waals surface area contributed by atoms with E-state index in [-0.39, 0.29) is 24.6 Å². The molecule has 0 saturated carbocycles. The first-order valence-corrected chi connectivity index (χ1v) is 8.05. The van der Waals surface area contributed by atoms with Gasteiger partial charge in [0.2, 0.25) is 5.91 Å². The summed E-state index contributed by atoms with van der Waals surface area (Å²) in [7, 11) is 1.54. The number of carbonyl (C=O) groups excluding carboxylic acids is 1. The second-order valence-electron chi connectivity index (χ2n) is 6.51. The maximum atomic E-state index is 14.1. The summed E-state index contributed by atoms with van der Waals surface area (Å²) in [5.74, 6) is -2.84. The minimum atomic E-state index is -4.41. The van der Waals surface area contributed by atoms with E-state index in [9.17, 15) is 26.7 Å². The number of halogens is 5. The van der Waals surface area contributed by atoms with Crippen molar-refractivity contribution >= 4 is 5.91 Å². The number of amides is 1. The van der Waals surface area contributed by atoms with E-state index in [1.165, 1.54) is 28.9 Å². The fourth-order valence-corrected chi connectivity index (χ4v) is 3.31. The third-order valence-electron chi connectivity index (χ3n) is 4.66. The summed E-state index contributed by atoms with van der Waals surface area (Å²) in [5, 5.41) is 0. The van der Waals surface area contributed by atoms with Crippen LogP contribution in [-0.2, 0) is 4.79 Å². The van der Waals surface area contributed by atoms with Gasteiger partial charge >= 0.3 is 6.18 Å². The molecule has 0 spiro atoms. The first-order valence-electron chi connectivity index (χ1n) is 8.05. The Balaban J connectivity index is 2.28. The van der Waals surface area contributed by atoms with Crippen molar-refractivity contribution in [2.75, 3.05) is 26.7 Å². The number of hydrogen-bond acceptors (Lipinski definition) is 2. The normalized spacial score (nSPS) is 22.5. The van der Waals surface area contributed by atoms with Gasteiger partial charge in [0.15, 0.2) is 11.6 Å². The molecule has 25 heavy (non-hydrogen) atoms. The van der Waals surface area contributed by atoms with Crippen LogP contribution in [0.25, 0.3) is 0 Å². The Hall–Kier alpha value is -1.70. The highest BCUT2D eigenvalue weighted by Gasteiger charge is 2.36. The van der Waals surface area contributed by atoms with Crippen molar-refractivity contribution < 1.29 is 26.7 Å². The van der Waals surface area contributed by atoms with Crippen LogP contribution in [0.3, 0.4) is 0 Å². The molecule has 1 aliphatic heterocycles. The molecule has 1 aromatic carbocycles. The van der Waals surface area contributed by atoms with E-state index in [1.807, 2.05) is 0 Å². The van der Waals surface area contributed by atoms with Gasteiger partial charge in [-0.3, -0.25) is 9.69 Å². The second-order valence-corrected chi connectivity index (χ2v) is 6.51. The molecule has 1 heterocycles. The summed E-state index contributed by atoms with van der Waals surface area (Å²) in [5.41, 5.74) is 0.0818. The summed E-state index contributed by atoms with van der Waals surface area (Å²) >= 11 is 0. The van der Waals surface area contributed by atoms with Crippen molar-refractivity contribution in [1.29, 1.82) is 0 Å². The van der Waals surface area contributed by atoms with E-state index in [4.69, 9.17) is 0 Å². The smallest absolute Gasteiger partial charge is 0.342 e. The predicted molar refractivity (Wildman–Crippen MR) is 83.1 cm³/mol. The Labute approximate surface area is 143 Å². The van der Waals surface area contributed by atoms with Crippen LogP contribution in [0.15, 0.2) is 18.2 Å². The molecule has 2 atom stereocenters. The molecular weight excluding hydrogens is 343 g/mol. The Morgan fingerprint density at radius 1 is 1.24 bits per heavy atom. The molecule has 0 N–H and O–H groups in total. The van der Waals surface area contributed by atoms with E-state index in [1.54, 1.807) is 7.05 Å². The van der Waals surface area contributed by atoms with Gasteiger partial charge in [-0.15, -0.1) is 0 Å². The van der Waals surface area contributed by atoms with Gasteiger partial charge < -0.3 is 4.90 Å². The molecule has 0 aromatic heterocycles. The van der Waals surface area contributed by atoms with E-state index < -0.39 is 36.3 Å². The van der Waals surface area contributed by atoms with Crippen molar-refractivity contribution in [3.63, 3.8) is 0 Å². The lowest BCUT2D eigenvalue weighted by atomic mass is 9.93. The van der Waals surface area contributed by atoms with Gasteiger partial charge in [-0.05, 0) is 30.4 Å². The number of rotatable bonds is 3. The standard InChI is InChI=1S/C17H21F5N2O/c1-11(25)23(2)13-7-6-12(8-24(9-13)10-17(20,21)22)14-4-3-5-15(18)16(14)19/h3-5,12-13H,6-10H2,1-2H3. The van der Waals surface area contributed by atoms with Crippen LogP contribution < -0.4 is 0 Å². The molecule has 1 aromatic rings. The Morgan fingerprint density at radius 2 is 1.92 bits per heavy atom. The number of hydrogen-bond donors (Lipinski definition) is 0. The molecule has 0 aliphatic carbocycles. The molecule has 1 amide bonds. The molecule has 2 rings (SSSR count). The summed E-state index contributed by atoms with van der Waals surface area (Å²) in [6.07, 6.45) is -3.61. The summed E-state index contributed by atoms with van der Waals surface area (Å²) in [6, 6.07) is 3.34. The van der Waals surface area contributed by atoms with Crippen LogP contribution >= 0.6 is 0 Å². The topological polar surface area (TPSA) is 23.6 Å². The zero-order chi connectivity index (χ0) is 18.8. The fraction of sp³-hybridized carbons (Fsp3) is 0.588. The summed E-state index contributed by atoms with van der Waals surface area (Å²) in [6.45, 7) is 0.205. The monoisotopic (exact) mass is 364 g/mol. The summed E-state index contributed by atoms with van der Waals surface area (Å²) in [4.78, 5) is 14.2. The minimum absolute atomic E-state index is 0.0396. The number of likely N-dealkylation sites (tertiary alicyclic amines) is 1. The maximum Gasteiger partial charge on any atom is 0.401 e. The predicted octanol–water partition coefficient (Wildman–Crippen LogP) is 3.55. The van der Waals surface area contributed by atoms with Crippen molar-refractivity contribution in [3.8, 4) is 0 Å². The minimum Gasteiger partial charge on any atom is -0.342 e. The average Bonchev–Trinajstić information content (AvgIpc) is 2.70. The van der Waals surface area contributed by atoms with Gasteiger partial charge in [0.05, 0.1) is 6.54 Å². The van der Waals surface area contributed by atoms with Crippen molar-refractivity contribution in [1.82, 2.24) is 9.80 Å². The van der Waals surface area contributed by atoms with Crippen molar-refractivity contribution in [3.05, 3.63) is 35.4 Å². The lowest BCUT2D eigenvalue weighted by Crippen LogP contribution is -2.45. The Bertz CT molecular complexity index is 620. The lowest BCUT2D eigenvalue weighted by molar-refractivity contribution is -0.147. The SMILES string of the molecule is CC(=O)N(C)C1CCC(c2cccc(F)c2F)CN(CC(F)(F)F)C1. The first kappa shape index (κ1) is 19.6. The largest absolute Gasteiger partial charge is 0.401 e. The van der Waals surface area contributed by atoms with Crippen molar-refractivity contribution in [2.24, 2.45) is 0 Å². The molecule has 0 radical (unpaired) electrons. The van der Waals surface area contributed by atoms with Gasteiger partial charge in [0.25, 0.3) is 0 Å². The van der Waals surface area contributed by atoms with Crippen molar-refractivity contribution in [2.45, 2.75) is 37.9 Å². The Kier molecular flexibility index (Phi) is 6.03. The highest BCUT2D eigenvalue weighted by atomic mass is 19.4. The van der Waals surface area contributed by atoms with E-state index in [0.717, 1.165) is 6.07 Å². The van der Waals surface area contributed by atoms with Crippen LogP contribution in [0.2, 0.25) is 0 Å². The number of nitrogens with zero attached hydrogens (tertiary/aromatic N) is 2.